The molecule has 1 aliphatic heterocycles. The molecular weight excluding hydrogens is 390 g/mol. The first-order valence-corrected chi connectivity index (χ1v) is 10.7. The van der Waals surface area contributed by atoms with E-state index in [2.05, 4.69) is 14.9 Å². The van der Waals surface area contributed by atoms with E-state index < -0.39 is 0 Å². The van der Waals surface area contributed by atoms with Crippen LogP contribution in [0.1, 0.15) is 34.5 Å². The quantitative estimate of drug-likeness (QED) is 0.455. The van der Waals surface area contributed by atoms with E-state index in [-0.39, 0.29) is 5.97 Å². The highest BCUT2D eigenvalue weighted by atomic mass is 32.2. The number of esters is 1. The summed E-state index contributed by atoms with van der Waals surface area (Å²) in [7, 11) is 3.25. The summed E-state index contributed by atoms with van der Waals surface area (Å²) in [6.45, 7) is 3.59. The molecule has 2 heterocycles. The molecule has 29 heavy (non-hydrogen) atoms. The lowest BCUT2D eigenvalue weighted by Crippen LogP contribution is -2.24. The van der Waals surface area contributed by atoms with E-state index in [0.717, 1.165) is 54.4 Å². The molecule has 0 saturated heterocycles. The van der Waals surface area contributed by atoms with Gasteiger partial charge in [-0.05, 0) is 30.5 Å². The molecule has 156 valence electrons. The lowest BCUT2D eigenvalue weighted by molar-refractivity contribution is 0.0489. The molecule has 0 radical (unpaired) electrons. The predicted octanol–water partition coefficient (Wildman–Crippen LogP) is 3.18. The van der Waals surface area contributed by atoms with Crippen LogP contribution in [0.25, 0.3) is 0 Å². The van der Waals surface area contributed by atoms with Crippen molar-refractivity contribution in [3.63, 3.8) is 0 Å². The van der Waals surface area contributed by atoms with Gasteiger partial charge in [0.1, 0.15) is 0 Å². The summed E-state index contributed by atoms with van der Waals surface area (Å²) in [5.41, 5.74) is 2.72. The van der Waals surface area contributed by atoms with Gasteiger partial charge < -0.3 is 14.2 Å². The number of ether oxygens (including phenoxy) is 3. The monoisotopic (exact) mass is 417 g/mol. The lowest BCUT2D eigenvalue weighted by atomic mass is 10.1. The van der Waals surface area contributed by atoms with Gasteiger partial charge in [0.05, 0.1) is 25.0 Å². The first-order valence-electron chi connectivity index (χ1n) is 9.69. The molecule has 0 amide bonds. The largest absolute Gasteiger partial charge is 0.467 e. The van der Waals surface area contributed by atoms with Crippen LogP contribution in [0.4, 0.5) is 0 Å². The highest BCUT2D eigenvalue weighted by Gasteiger charge is 2.18. The molecule has 0 unspecified atom stereocenters. The zero-order valence-corrected chi connectivity index (χ0v) is 17.7. The number of fused-ring (bicyclic) bond motifs is 1. The zero-order valence-electron chi connectivity index (χ0n) is 16.9. The van der Waals surface area contributed by atoms with Crippen LogP contribution in [-0.4, -0.2) is 60.6 Å². The fourth-order valence-corrected chi connectivity index (χ4v) is 4.01. The molecule has 0 saturated carbocycles. The minimum atomic E-state index is -0.280. The van der Waals surface area contributed by atoms with Gasteiger partial charge in [-0.3, -0.25) is 4.90 Å². The Morgan fingerprint density at radius 1 is 1.17 bits per heavy atom. The van der Waals surface area contributed by atoms with Crippen LogP contribution < -0.4 is 4.74 Å². The maximum absolute atomic E-state index is 12.1. The number of unbranched alkanes of at least 4 members (excludes halogenated alkanes) is 1. The number of benzene rings is 1. The topological polar surface area (TPSA) is 73.8 Å². The molecule has 1 aromatic heterocycles. The van der Waals surface area contributed by atoms with E-state index in [1.807, 2.05) is 30.5 Å². The van der Waals surface area contributed by atoms with Gasteiger partial charge in [0.25, 0.3) is 0 Å². The van der Waals surface area contributed by atoms with Gasteiger partial charge in [-0.15, -0.1) is 11.8 Å². The molecule has 7 nitrogen and oxygen atoms in total. The summed E-state index contributed by atoms with van der Waals surface area (Å²) < 4.78 is 15.5. The Labute approximate surface area is 175 Å². The molecule has 8 heteroatoms. The SMILES string of the molecule is COCCCCOC(=O)c1ccc(CN2CCSc3cnc(OC)nc3C2)cc1. The van der Waals surface area contributed by atoms with Crippen molar-refractivity contribution in [1.82, 2.24) is 14.9 Å². The third kappa shape index (κ3) is 6.42. The Kier molecular flexibility index (Phi) is 8.27. The first kappa shape index (κ1) is 21.5. The molecule has 0 spiro atoms. The minimum absolute atomic E-state index is 0.280. The number of thioether (sulfide) groups is 1. The summed E-state index contributed by atoms with van der Waals surface area (Å²) in [6.07, 6.45) is 3.53. The highest BCUT2D eigenvalue weighted by Crippen LogP contribution is 2.27. The number of aromatic nitrogens is 2. The van der Waals surface area contributed by atoms with Crippen molar-refractivity contribution in [3.05, 3.63) is 47.3 Å². The van der Waals surface area contributed by atoms with Gasteiger partial charge in [-0.25, -0.2) is 9.78 Å². The summed E-state index contributed by atoms with van der Waals surface area (Å²) in [5.74, 6) is 0.703. The van der Waals surface area contributed by atoms with E-state index in [9.17, 15) is 4.79 Å². The van der Waals surface area contributed by atoms with Crippen molar-refractivity contribution in [1.29, 1.82) is 0 Å². The van der Waals surface area contributed by atoms with Crippen LogP contribution in [0.15, 0.2) is 35.4 Å². The Bertz CT molecular complexity index is 801. The van der Waals surface area contributed by atoms with Gasteiger partial charge >= 0.3 is 12.0 Å². The number of carbonyl (C=O) groups excluding carboxylic acids is 1. The maximum Gasteiger partial charge on any atom is 0.338 e. The minimum Gasteiger partial charge on any atom is -0.467 e. The van der Waals surface area contributed by atoms with E-state index in [0.29, 0.717) is 24.8 Å². The van der Waals surface area contributed by atoms with Crippen LogP contribution in [0.3, 0.4) is 0 Å². The summed E-state index contributed by atoms with van der Waals surface area (Å²) in [5, 5.41) is 0. The lowest BCUT2D eigenvalue weighted by Gasteiger charge is -2.19. The van der Waals surface area contributed by atoms with Crippen LogP contribution in [0.5, 0.6) is 6.01 Å². The molecule has 0 aliphatic carbocycles. The second-order valence-electron chi connectivity index (χ2n) is 6.76. The van der Waals surface area contributed by atoms with Gasteiger partial charge in [0, 0.05) is 50.2 Å². The number of carbonyl (C=O) groups is 1. The molecule has 3 rings (SSSR count). The average Bonchev–Trinajstić information content (AvgIpc) is 2.95. The molecule has 1 aliphatic rings. The summed E-state index contributed by atoms with van der Waals surface area (Å²) >= 11 is 1.77. The van der Waals surface area contributed by atoms with Gasteiger partial charge in [-0.1, -0.05) is 12.1 Å². The fourth-order valence-electron chi connectivity index (χ4n) is 3.03. The number of hydrogen-bond donors (Lipinski definition) is 0. The fraction of sp³-hybridized carbons (Fsp3) is 0.476. The Hall–Kier alpha value is -2.16. The predicted molar refractivity (Wildman–Crippen MR) is 111 cm³/mol. The normalized spacial score (nSPS) is 14.1. The first-order chi connectivity index (χ1) is 14.2. The summed E-state index contributed by atoms with van der Waals surface area (Å²) in [4.78, 5) is 24.3. The summed E-state index contributed by atoms with van der Waals surface area (Å²) in [6, 6.07) is 8.04. The third-order valence-corrected chi connectivity index (χ3v) is 5.64. The third-order valence-electron chi connectivity index (χ3n) is 4.60. The second-order valence-corrected chi connectivity index (χ2v) is 7.90. The van der Waals surface area contributed by atoms with Crippen LogP contribution in [0, 0.1) is 0 Å². The molecule has 0 atom stereocenters. The van der Waals surface area contributed by atoms with Gasteiger partial charge in [-0.2, -0.15) is 4.98 Å². The van der Waals surface area contributed by atoms with Crippen molar-refractivity contribution >= 4 is 17.7 Å². The molecule has 0 fully saturated rings. The van der Waals surface area contributed by atoms with Crippen LogP contribution in [-0.2, 0) is 22.6 Å². The Morgan fingerprint density at radius 2 is 1.97 bits per heavy atom. The number of nitrogens with zero attached hydrogens (tertiary/aromatic N) is 3. The smallest absolute Gasteiger partial charge is 0.338 e. The molecular formula is C21H27N3O4S. The van der Waals surface area contributed by atoms with E-state index in [1.165, 1.54) is 0 Å². The van der Waals surface area contributed by atoms with Crippen LogP contribution in [0.2, 0.25) is 0 Å². The second kappa shape index (κ2) is 11.1. The van der Waals surface area contributed by atoms with Crippen molar-refractivity contribution in [3.8, 4) is 6.01 Å². The number of methoxy groups -OCH3 is 2. The van der Waals surface area contributed by atoms with Crippen molar-refractivity contribution < 1.29 is 19.0 Å². The highest BCUT2D eigenvalue weighted by molar-refractivity contribution is 7.99. The number of rotatable bonds is 9. The van der Waals surface area contributed by atoms with Crippen molar-refractivity contribution in [2.24, 2.45) is 0 Å². The molecule has 1 aromatic carbocycles. The average molecular weight is 418 g/mol. The Balaban J connectivity index is 1.54. The van der Waals surface area contributed by atoms with E-state index in [4.69, 9.17) is 14.2 Å². The van der Waals surface area contributed by atoms with Crippen molar-refractivity contribution in [2.45, 2.75) is 30.8 Å². The molecule has 0 N–H and O–H groups in total. The molecule has 0 bridgehead atoms. The number of hydrogen-bond acceptors (Lipinski definition) is 8. The molecule has 2 aromatic rings. The van der Waals surface area contributed by atoms with Gasteiger partial charge in [0.15, 0.2) is 0 Å². The maximum atomic E-state index is 12.1. The Morgan fingerprint density at radius 3 is 2.72 bits per heavy atom. The van der Waals surface area contributed by atoms with Crippen LogP contribution >= 0.6 is 11.8 Å². The van der Waals surface area contributed by atoms with Gasteiger partial charge in [0.2, 0.25) is 0 Å². The van der Waals surface area contributed by atoms with Crippen molar-refractivity contribution in [2.75, 3.05) is 39.7 Å². The van der Waals surface area contributed by atoms with E-state index in [1.54, 1.807) is 26.0 Å². The van der Waals surface area contributed by atoms with E-state index >= 15 is 0 Å². The zero-order chi connectivity index (χ0) is 20.5. The standard InChI is InChI=1S/C21H27N3O4S/c1-26-10-3-4-11-28-20(25)17-7-5-16(6-8-17)14-24-9-12-29-19-13-22-21(27-2)23-18(19)15-24/h5-8,13H,3-4,9-12,14-15H2,1-2H3.